The highest BCUT2D eigenvalue weighted by molar-refractivity contribution is 5.79. The second kappa shape index (κ2) is 14.7. The van der Waals surface area contributed by atoms with Crippen LogP contribution in [-0.4, -0.2) is 52.0 Å². The lowest BCUT2D eigenvalue weighted by Gasteiger charge is -2.11. The Morgan fingerprint density at radius 1 is 1.08 bits per heavy atom. The van der Waals surface area contributed by atoms with Crippen LogP contribution in [-0.2, 0) is 15.9 Å². The largest absolute Gasteiger partial charge is 0.379 e. The second-order valence-corrected chi connectivity index (χ2v) is 5.65. The Kier molecular flexibility index (Phi) is 12.5. The molecule has 1 aromatic rings. The second-order valence-electron chi connectivity index (χ2n) is 5.65. The normalized spacial score (nSPS) is 11.6. The molecule has 0 radical (unpaired) electrons. The third-order valence-electron chi connectivity index (χ3n) is 3.46. The van der Waals surface area contributed by atoms with Crippen LogP contribution in [0.15, 0.2) is 29.3 Å². The maximum atomic E-state index is 13.1. The summed E-state index contributed by atoms with van der Waals surface area (Å²) in [6, 6.07) is 6.66. The predicted octanol–water partition coefficient (Wildman–Crippen LogP) is 2.76. The molecule has 0 aliphatic rings. The topological polar surface area (TPSA) is 54.9 Å². The number of guanidine groups is 1. The van der Waals surface area contributed by atoms with Gasteiger partial charge in [-0.15, -0.1) is 0 Å². The summed E-state index contributed by atoms with van der Waals surface area (Å²) < 4.78 is 24.1. The number of nitrogens with zero attached hydrogens (tertiary/aromatic N) is 1. The zero-order chi connectivity index (χ0) is 18.2. The van der Waals surface area contributed by atoms with E-state index in [9.17, 15) is 4.39 Å². The van der Waals surface area contributed by atoms with Crippen LogP contribution in [0.25, 0.3) is 0 Å². The van der Waals surface area contributed by atoms with Crippen molar-refractivity contribution < 1.29 is 13.9 Å². The highest BCUT2D eigenvalue weighted by Crippen LogP contribution is 2.03. The van der Waals surface area contributed by atoms with E-state index < -0.39 is 0 Å². The minimum atomic E-state index is -0.200. The van der Waals surface area contributed by atoms with Crippen molar-refractivity contribution in [3.8, 4) is 0 Å². The number of unbranched alkanes of at least 4 members (excludes halogenated alkanes) is 1. The molecular formula is C19H32FN3O2. The predicted molar refractivity (Wildman–Crippen MR) is 101 cm³/mol. The molecule has 0 atom stereocenters. The average Bonchev–Trinajstić information content (AvgIpc) is 2.60. The molecule has 0 amide bonds. The number of aliphatic imine (C=N–C) groups is 1. The zero-order valence-electron chi connectivity index (χ0n) is 15.5. The van der Waals surface area contributed by atoms with Crippen molar-refractivity contribution in [2.45, 2.75) is 33.1 Å². The van der Waals surface area contributed by atoms with Crippen LogP contribution in [0.2, 0.25) is 0 Å². The molecule has 0 fully saturated rings. The first-order valence-electron chi connectivity index (χ1n) is 9.18. The van der Waals surface area contributed by atoms with E-state index >= 15 is 0 Å². The maximum absolute atomic E-state index is 13.1. The Bertz CT molecular complexity index is 483. The summed E-state index contributed by atoms with van der Waals surface area (Å²) in [5.74, 6) is 0.551. The van der Waals surface area contributed by atoms with Crippen LogP contribution >= 0.6 is 0 Å². The Morgan fingerprint density at radius 2 is 1.88 bits per heavy atom. The molecule has 0 unspecified atom stereocenters. The molecule has 0 bridgehead atoms. The summed E-state index contributed by atoms with van der Waals surface area (Å²) in [6.45, 7) is 8.84. The molecule has 1 aromatic carbocycles. The van der Waals surface area contributed by atoms with Crippen molar-refractivity contribution in [1.82, 2.24) is 10.6 Å². The molecule has 0 aliphatic carbocycles. The van der Waals surface area contributed by atoms with E-state index in [4.69, 9.17) is 9.47 Å². The van der Waals surface area contributed by atoms with Gasteiger partial charge in [0.1, 0.15) is 5.82 Å². The van der Waals surface area contributed by atoms with E-state index in [0.29, 0.717) is 32.9 Å². The monoisotopic (exact) mass is 353 g/mol. The van der Waals surface area contributed by atoms with Crippen molar-refractivity contribution >= 4 is 5.96 Å². The number of nitrogens with one attached hydrogen (secondary N) is 2. The number of hydrogen-bond donors (Lipinski definition) is 2. The fourth-order valence-electron chi connectivity index (χ4n) is 2.15. The Hall–Kier alpha value is -1.66. The van der Waals surface area contributed by atoms with Crippen molar-refractivity contribution in [3.63, 3.8) is 0 Å². The fourth-order valence-corrected chi connectivity index (χ4v) is 2.15. The Balaban J connectivity index is 2.16. The highest BCUT2D eigenvalue weighted by atomic mass is 19.1. The molecule has 0 saturated carbocycles. The van der Waals surface area contributed by atoms with E-state index in [0.717, 1.165) is 43.9 Å². The number of halogens is 1. The first-order valence-corrected chi connectivity index (χ1v) is 9.18. The van der Waals surface area contributed by atoms with Crippen LogP contribution in [0.5, 0.6) is 0 Å². The smallest absolute Gasteiger partial charge is 0.191 e. The lowest BCUT2D eigenvalue weighted by molar-refractivity contribution is 0.0497. The molecule has 0 aliphatic heterocycles. The summed E-state index contributed by atoms with van der Waals surface area (Å²) in [5.41, 5.74) is 0.967. The molecule has 142 valence electrons. The molecule has 0 spiro atoms. The van der Waals surface area contributed by atoms with Crippen molar-refractivity contribution in [2.24, 2.45) is 4.99 Å². The van der Waals surface area contributed by atoms with Gasteiger partial charge in [-0.25, -0.2) is 4.39 Å². The third kappa shape index (κ3) is 11.5. The molecule has 0 heterocycles. The third-order valence-corrected chi connectivity index (χ3v) is 3.46. The lowest BCUT2D eigenvalue weighted by atomic mass is 10.1. The van der Waals surface area contributed by atoms with E-state index in [1.807, 2.05) is 13.0 Å². The maximum Gasteiger partial charge on any atom is 0.191 e. The first kappa shape index (κ1) is 21.4. The standard InChI is InChI=1S/C19H32FN3O2/c1-3-5-12-24-14-15-25-13-11-23-19(21-4-2)22-10-9-17-7-6-8-18(20)16-17/h6-8,16H,3-5,9-15H2,1-2H3,(H2,21,22,23). The van der Waals surface area contributed by atoms with Crippen molar-refractivity contribution in [2.75, 3.05) is 46.1 Å². The molecule has 2 N–H and O–H groups in total. The van der Waals surface area contributed by atoms with Gasteiger partial charge >= 0.3 is 0 Å². The summed E-state index contributed by atoms with van der Waals surface area (Å²) in [6.07, 6.45) is 2.99. The molecule has 1 rings (SSSR count). The average molecular weight is 353 g/mol. The summed E-state index contributed by atoms with van der Waals surface area (Å²) in [4.78, 5) is 4.46. The van der Waals surface area contributed by atoms with Gasteiger partial charge in [0.15, 0.2) is 5.96 Å². The van der Waals surface area contributed by atoms with E-state index in [1.54, 1.807) is 12.1 Å². The van der Waals surface area contributed by atoms with Gasteiger partial charge in [-0.3, -0.25) is 4.99 Å². The minimum Gasteiger partial charge on any atom is -0.379 e. The first-order chi connectivity index (χ1) is 12.3. The van der Waals surface area contributed by atoms with Crippen LogP contribution in [0.1, 0.15) is 32.3 Å². The van der Waals surface area contributed by atoms with Crippen molar-refractivity contribution in [1.29, 1.82) is 0 Å². The lowest BCUT2D eigenvalue weighted by Crippen LogP contribution is -2.38. The highest BCUT2D eigenvalue weighted by Gasteiger charge is 1.99. The number of benzene rings is 1. The van der Waals surface area contributed by atoms with E-state index in [-0.39, 0.29) is 5.82 Å². The molecule has 25 heavy (non-hydrogen) atoms. The summed E-state index contributed by atoms with van der Waals surface area (Å²) in [5, 5.41) is 6.44. The van der Waals surface area contributed by atoms with Crippen LogP contribution in [0, 0.1) is 5.82 Å². The van der Waals surface area contributed by atoms with Gasteiger partial charge in [-0.1, -0.05) is 25.5 Å². The van der Waals surface area contributed by atoms with Gasteiger partial charge < -0.3 is 20.1 Å². The van der Waals surface area contributed by atoms with Crippen LogP contribution in [0.4, 0.5) is 4.39 Å². The number of rotatable bonds is 13. The van der Waals surface area contributed by atoms with Gasteiger partial charge in [0.2, 0.25) is 0 Å². The molecule has 6 heteroatoms. The Morgan fingerprint density at radius 3 is 2.60 bits per heavy atom. The zero-order valence-corrected chi connectivity index (χ0v) is 15.5. The van der Waals surface area contributed by atoms with Gasteiger partial charge in [0, 0.05) is 19.7 Å². The van der Waals surface area contributed by atoms with Crippen molar-refractivity contribution in [3.05, 3.63) is 35.6 Å². The van der Waals surface area contributed by atoms with Gasteiger partial charge in [0.25, 0.3) is 0 Å². The molecular weight excluding hydrogens is 321 g/mol. The SMILES string of the molecule is CCCCOCCOCCN=C(NCC)NCCc1cccc(F)c1. The van der Waals surface area contributed by atoms with E-state index in [2.05, 4.69) is 22.5 Å². The number of ether oxygens (including phenoxy) is 2. The molecule has 5 nitrogen and oxygen atoms in total. The quantitative estimate of drug-likeness (QED) is 0.325. The van der Waals surface area contributed by atoms with Gasteiger partial charge in [0.05, 0.1) is 26.4 Å². The summed E-state index contributed by atoms with van der Waals surface area (Å²) in [7, 11) is 0. The fraction of sp³-hybridized carbons (Fsp3) is 0.632. The summed E-state index contributed by atoms with van der Waals surface area (Å²) >= 11 is 0. The van der Waals surface area contributed by atoms with E-state index in [1.165, 1.54) is 6.07 Å². The van der Waals surface area contributed by atoms with Crippen LogP contribution < -0.4 is 10.6 Å². The molecule has 0 aromatic heterocycles. The van der Waals surface area contributed by atoms with Gasteiger partial charge in [-0.2, -0.15) is 0 Å². The Labute approximate surface area is 151 Å². The minimum absolute atomic E-state index is 0.200. The number of hydrogen-bond acceptors (Lipinski definition) is 3. The van der Waals surface area contributed by atoms with Crippen LogP contribution in [0.3, 0.4) is 0 Å². The molecule has 0 saturated heterocycles. The van der Waals surface area contributed by atoms with Gasteiger partial charge in [-0.05, 0) is 37.5 Å².